The van der Waals surface area contributed by atoms with Gasteiger partial charge < -0.3 is 18.9 Å². The second-order valence-corrected chi connectivity index (χ2v) is 6.64. The highest BCUT2D eigenvalue weighted by Crippen LogP contribution is 2.17. The molecular formula is C19H31NO4S. The van der Waals surface area contributed by atoms with Gasteiger partial charge in [0.15, 0.2) is 5.78 Å². The third-order valence-electron chi connectivity index (χ3n) is 3.49. The average molecular weight is 370 g/mol. The summed E-state index contributed by atoms with van der Waals surface area (Å²) >= 11 is 1.57. The van der Waals surface area contributed by atoms with Crippen molar-refractivity contribution in [3.63, 3.8) is 0 Å². The lowest BCUT2D eigenvalue weighted by Gasteiger charge is -2.08. The fraction of sp³-hybridized carbons (Fsp3) is 0.632. The maximum absolute atomic E-state index is 11.4. The minimum atomic E-state index is 0.0514. The zero-order chi connectivity index (χ0) is 18.3. The third-order valence-corrected chi connectivity index (χ3v) is 3.93. The number of carbonyl (C=O) groups is 1. The van der Waals surface area contributed by atoms with Crippen molar-refractivity contribution in [1.29, 1.82) is 0 Å². The van der Waals surface area contributed by atoms with Crippen molar-refractivity contribution in [2.24, 2.45) is 5.92 Å². The molecule has 0 aliphatic heterocycles. The van der Waals surface area contributed by atoms with Crippen LogP contribution in [0.5, 0.6) is 5.75 Å². The second kappa shape index (κ2) is 14.0. The highest BCUT2D eigenvalue weighted by atomic mass is 32.2. The van der Waals surface area contributed by atoms with Crippen molar-refractivity contribution >= 4 is 23.4 Å². The van der Waals surface area contributed by atoms with Gasteiger partial charge in [0, 0.05) is 44.1 Å². The predicted octanol–water partition coefficient (Wildman–Crippen LogP) is 4.18. The summed E-state index contributed by atoms with van der Waals surface area (Å²) in [7, 11) is 0. The fourth-order valence-corrected chi connectivity index (χ4v) is 2.31. The minimum absolute atomic E-state index is 0.0514. The summed E-state index contributed by atoms with van der Waals surface area (Å²) in [5.74, 6) is 1.08. The summed E-state index contributed by atoms with van der Waals surface area (Å²) in [5, 5.41) is 0. The lowest BCUT2D eigenvalue weighted by atomic mass is 10.1. The number of hydrogen-bond donors (Lipinski definition) is 1. The summed E-state index contributed by atoms with van der Waals surface area (Å²) in [5.41, 5.74) is 1.07. The lowest BCUT2D eigenvalue weighted by Crippen LogP contribution is -2.15. The first-order valence-corrected chi connectivity index (χ1v) is 10.1. The largest absolute Gasteiger partial charge is 0.494 e. The van der Waals surface area contributed by atoms with Crippen LogP contribution in [0.4, 0.5) is 5.69 Å². The van der Waals surface area contributed by atoms with E-state index < -0.39 is 0 Å². The van der Waals surface area contributed by atoms with Gasteiger partial charge in [-0.3, -0.25) is 4.79 Å². The van der Waals surface area contributed by atoms with Gasteiger partial charge in [0.1, 0.15) is 12.4 Å². The topological polar surface area (TPSA) is 56.8 Å². The Morgan fingerprint density at radius 2 is 1.64 bits per heavy atom. The smallest absolute Gasteiger partial charge is 0.160 e. The highest BCUT2D eigenvalue weighted by Gasteiger charge is 2.06. The number of ether oxygens (including phenoxy) is 3. The number of anilines is 1. The Morgan fingerprint density at radius 3 is 2.28 bits per heavy atom. The van der Waals surface area contributed by atoms with Crippen molar-refractivity contribution < 1.29 is 19.0 Å². The van der Waals surface area contributed by atoms with Crippen molar-refractivity contribution in [2.75, 3.05) is 44.0 Å². The second-order valence-electron chi connectivity index (χ2n) is 6.03. The Morgan fingerprint density at radius 1 is 1.00 bits per heavy atom. The van der Waals surface area contributed by atoms with Crippen LogP contribution < -0.4 is 9.46 Å². The molecule has 142 valence electrons. The van der Waals surface area contributed by atoms with Crippen molar-refractivity contribution in [2.45, 2.75) is 33.1 Å². The van der Waals surface area contributed by atoms with Crippen LogP contribution in [0.3, 0.4) is 0 Å². The first-order chi connectivity index (χ1) is 12.1. The molecule has 0 saturated carbocycles. The van der Waals surface area contributed by atoms with E-state index in [4.69, 9.17) is 14.2 Å². The van der Waals surface area contributed by atoms with Crippen molar-refractivity contribution in [1.82, 2.24) is 0 Å². The van der Waals surface area contributed by atoms with Gasteiger partial charge in [-0.1, -0.05) is 25.8 Å². The quantitative estimate of drug-likeness (QED) is 0.370. The molecule has 1 rings (SSSR count). The maximum atomic E-state index is 11.4. The molecule has 6 heteroatoms. The Hall–Kier alpha value is -1.24. The third kappa shape index (κ3) is 11.1. The highest BCUT2D eigenvalue weighted by molar-refractivity contribution is 7.99. The summed E-state index contributed by atoms with van der Waals surface area (Å²) in [6.45, 7) is 6.68. The first-order valence-electron chi connectivity index (χ1n) is 8.83. The summed E-state index contributed by atoms with van der Waals surface area (Å²) < 4.78 is 19.8. The normalized spacial score (nSPS) is 10.9. The molecule has 0 aromatic heterocycles. The van der Waals surface area contributed by atoms with Gasteiger partial charge in [-0.25, -0.2) is 0 Å². The van der Waals surface area contributed by atoms with Gasteiger partial charge in [0.2, 0.25) is 0 Å². The van der Waals surface area contributed by atoms with Crippen LogP contribution in [0.15, 0.2) is 24.3 Å². The summed E-state index contributed by atoms with van der Waals surface area (Å²) in [6, 6.07) is 7.92. The van der Waals surface area contributed by atoms with E-state index in [-0.39, 0.29) is 18.3 Å². The zero-order valence-electron chi connectivity index (χ0n) is 15.6. The lowest BCUT2D eigenvalue weighted by molar-refractivity contribution is -0.126. The predicted molar refractivity (Wildman–Crippen MR) is 104 cm³/mol. The summed E-state index contributed by atoms with van der Waals surface area (Å²) in [6.07, 6.45) is 4.72. The Balaban J connectivity index is 1.89. The number of carbonyl (C=O) groups excluding carboxylic acids is 1. The zero-order valence-corrected chi connectivity index (χ0v) is 16.4. The molecule has 0 spiro atoms. The first kappa shape index (κ1) is 21.8. The number of unbranched alkanes of at least 4 members (excludes halogenated alkanes) is 1. The molecule has 0 aliphatic rings. The number of rotatable bonds is 15. The van der Waals surface area contributed by atoms with Crippen LogP contribution >= 0.6 is 11.9 Å². The molecule has 5 nitrogen and oxygen atoms in total. The van der Waals surface area contributed by atoms with Crippen molar-refractivity contribution in [3.8, 4) is 5.75 Å². The molecule has 0 saturated heterocycles. The molecular weight excluding hydrogens is 338 g/mol. The standard InChI is InChI=1S/C19H31NO4S/c1-16(2)19(21)15-23-12-5-4-11-22-13-6-14-24-18-9-7-17(8-10-18)20-25-3/h7-10,16,20H,4-6,11-15H2,1-3H3. The van der Waals surface area contributed by atoms with Crippen molar-refractivity contribution in [3.05, 3.63) is 24.3 Å². The fourth-order valence-electron chi connectivity index (χ4n) is 1.94. The van der Waals surface area contributed by atoms with Crippen LogP contribution in [0, 0.1) is 5.92 Å². The molecule has 1 aromatic rings. The number of Topliss-reactive ketones (excluding diaryl/α,β-unsaturated/α-hetero) is 1. The number of benzene rings is 1. The molecule has 0 aliphatic carbocycles. The molecule has 0 atom stereocenters. The van der Waals surface area contributed by atoms with Gasteiger partial charge in [0.25, 0.3) is 0 Å². The van der Waals surface area contributed by atoms with Crippen LogP contribution in [-0.2, 0) is 14.3 Å². The van der Waals surface area contributed by atoms with E-state index in [0.717, 1.165) is 37.3 Å². The van der Waals surface area contributed by atoms with E-state index in [1.165, 1.54) is 0 Å². The Bertz CT molecular complexity index is 465. The average Bonchev–Trinajstić information content (AvgIpc) is 2.61. The van der Waals surface area contributed by atoms with Gasteiger partial charge in [0.05, 0.1) is 6.61 Å². The molecule has 1 N–H and O–H groups in total. The van der Waals surface area contributed by atoms with Crippen LogP contribution in [-0.4, -0.2) is 45.1 Å². The molecule has 0 unspecified atom stereocenters. The van der Waals surface area contributed by atoms with Crippen LogP contribution in [0.25, 0.3) is 0 Å². The molecule has 0 bridgehead atoms. The van der Waals surface area contributed by atoms with Gasteiger partial charge in [-0.2, -0.15) is 0 Å². The molecule has 25 heavy (non-hydrogen) atoms. The SMILES string of the molecule is CSNc1ccc(OCCCOCCCCOCC(=O)C(C)C)cc1. The number of hydrogen-bond acceptors (Lipinski definition) is 6. The Kier molecular flexibility index (Phi) is 12.2. The molecule has 0 radical (unpaired) electrons. The molecule has 0 fully saturated rings. The molecule has 1 aromatic carbocycles. The van der Waals surface area contributed by atoms with E-state index >= 15 is 0 Å². The van der Waals surface area contributed by atoms with E-state index in [9.17, 15) is 4.79 Å². The van der Waals surface area contributed by atoms with E-state index in [2.05, 4.69) is 4.72 Å². The summed E-state index contributed by atoms with van der Waals surface area (Å²) in [4.78, 5) is 11.4. The van der Waals surface area contributed by atoms with Gasteiger partial charge >= 0.3 is 0 Å². The maximum Gasteiger partial charge on any atom is 0.160 e. The number of nitrogens with one attached hydrogen (secondary N) is 1. The van der Waals surface area contributed by atoms with Gasteiger partial charge in [-0.15, -0.1) is 0 Å². The molecule has 0 amide bonds. The van der Waals surface area contributed by atoms with Gasteiger partial charge in [-0.05, 0) is 37.1 Å². The Labute approximate surface area is 155 Å². The van der Waals surface area contributed by atoms with Crippen LogP contribution in [0.1, 0.15) is 33.1 Å². The molecule has 0 heterocycles. The van der Waals surface area contributed by atoms with E-state index in [1.807, 2.05) is 44.4 Å². The van der Waals surface area contributed by atoms with Crippen LogP contribution in [0.2, 0.25) is 0 Å². The minimum Gasteiger partial charge on any atom is -0.494 e. The number of ketones is 1. The van der Waals surface area contributed by atoms with E-state index in [1.54, 1.807) is 11.9 Å². The van der Waals surface area contributed by atoms with E-state index in [0.29, 0.717) is 19.8 Å². The monoisotopic (exact) mass is 369 g/mol.